The molecule has 4 rings (SSSR count). The Balaban J connectivity index is 1.36. The van der Waals surface area contributed by atoms with Crippen LogP contribution in [-0.4, -0.2) is 60.9 Å². The summed E-state index contributed by atoms with van der Waals surface area (Å²) in [7, 11) is 1.62. The first kappa shape index (κ1) is 24.0. The summed E-state index contributed by atoms with van der Waals surface area (Å²) in [5.74, 6) is 0.760. The van der Waals surface area contributed by atoms with E-state index >= 15 is 0 Å². The number of rotatable bonds is 7. The second kappa shape index (κ2) is 10.9. The molecule has 2 saturated heterocycles. The fourth-order valence-corrected chi connectivity index (χ4v) is 5.39. The number of anilines is 2. The summed E-state index contributed by atoms with van der Waals surface area (Å²) in [5, 5.41) is 6.46. The molecule has 0 saturated carbocycles. The molecule has 9 nitrogen and oxygen atoms in total. The lowest BCUT2D eigenvalue weighted by Gasteiger charge is -2.31. The summed E-state index contributed by atoms with van der Waals surface area (Å²) in [6.07, 6.45) is 3.41. The number of carbonyl (C=O) groups excluding carboxylic acids is 3. The minimum atomic E-state index is -0.251. The lowest BCUT2D eigenvalue weighted by atomic mass is 9.96. The highest BCUT2D eigenvalue weighted by molar-refractivity contribution is 7.18. The van der Waals surface area contributed by atoms with Gasteiger partial charge < -0.3 is 25.2 Å². The molecule has 0 radical (unpaired) electrons. The molecule has 0 atom stereocenters. The molecule has 3 heterocycles. The van der Waals surface area contributed by atoms with Crippen molar-refractivity contribution in [3.05, 3.63) is 34.7 Å². The van der Waals surface area contributed by atoms with E-state index in [0.29, 0.717) is 48.3 Å². The smallest absolute Gasteiger partial charge is 0.267 e. The predicted octanol–water partition coefficient (Wildman–Crippen LogP) is 2.88. The molecule has 0 unspecified atom stereocenters. The Kier molecular flexibility index (Phi) is 7.66. The third-order valence-corrected chi connectivity index (χ3v) is 7.34. The molecular formula is C24H31N5O4S. The number of methoxy groups -OCH3 is 1. The van der Waals surface area contributed by atoms with Gasteiger partial charge in [0.2, 0.25) is 11.8 Å². The summed E-state index contributed by atoms with van der Waals surface area (Å²) < 4.78 is 5.24. The van der Waals surface area contributed by atoms with Crippen molar-refractivity contribution in [3.8, 4) is 5.75 Å². The van der Waals surface area contributed by atoms with Crippen LogP contribution in [0.25, 0.3) is 0 Å². The van der Waals surface area contributed by atoms with Crippen molar-refractivity contribution in [3.63, 3.8) is 0 Å². The van der Waals surface area contributed by atoms with Crippen molar-refractivity contribution >= 4 is 40.0 Å². The average Bonchev–Trinajstić information content (AvgIpc) is 3.53. The molecule has 0 bridgehead atoms. The first-order valence-corrected chi connectivity index (χ1v) is 12.5. The van der Waals surface area contributed by atoms with Crippen molar-refractivity contribution in [1.82, 2.24) is 15.2 Å². The van der Waals surface area contributed by atoms with Crippen LogP contribution in [0.3, 0.4) is 0 Å². The lowest BCUT2D eigenvalue weighted by molar-refractivity contribution is -0.125. The second-order valence-electron chi connectivity index (χ2n) is 8.69. The van der Waals surface area contributed by atoms with E-state index < -0.39 is 0 Å². The molecule has 34 heavy (non-hydrogen) atoms. The molecule has 3 amide bonds. The Bertz CT molecular complexity index is 1040. The number of nitrogens with zero attached hydrogens (tertiary/aromatic N) is 3. The quantitative estimate of drug-likeness (QED) is 0.625. The molecule has 0 aliphatic carbocycles. The molecule has 2 fully saturated rings. The zero-order valence-electron chi connectivity index (χ0n) is 19.6. The van der Waals surface area contributed by atoms with Gasteiger partial charge in [-0.05, 0) is 43.4 Å². The average molecular weight is 486 g/mol. The summed E-state index contributed by atoms with van der Waals surface area (Å²) in [5.41, 5.74) is 0.994. The number of nitrogens with one attached hydrogen (secondary N) is 2. The molecule has 0 spiro atoms. The Labute approximate surface area is 203 Å². The Morgan fingerprint density at radius 1 is 1.15 bits per heavy atom. The number of thiazole rings is 1. The van der Waals surface area contributed by atoms with E-state index in [2.05, 4.69) is 20.5 Å². The molecule has 2 N–H and O–H groups in total. The van der Waals surface area contributed by atoms with Gasteiger partial charge in [0.25, 0.3) is 5.91 Å². The van der Waals surface area contributed by atoms with Gasteiger partial charge in [0.05, 0.1) is 7.11 Å². The van der Waals surface area contributed by atoms with E-state index in [-0.39, 0.29) is 23.6 Å². The first-order chi connectivity index (χ1) is 16.4. The number of benzene rings is 1. The number of aromatic nitrogens is 1. The van der Waals surface area contributed by atoms with Gasteiger partial charge in [0, 0.05) is 45.6 Å². The van der Waals surface area contributed by atoms with Crippen molar-refractivity contribution in [2.75, 3.05) is 43.5 Å². The van der Waals surface area contributed by atoms with Gasteiger partial charge in [0.15, 0.2) is 10.9 Å². The number of piperidine rings is 1. The number of likely N-dealkylation sites (tertiary alicyclic amines) is 1. The zero-order chi connectivity index (χ0) is 24.1. The molecular weight excluding hydrogens is 454 g/mol. The molecule has 2 aliphatic heterocycles. The second-order valence-corrected chi connectivity index (χ2v) is 9.66. The summed E-state index contributed by atoms with van der Waals surface area (Å²) in [6, 6.07) is 7.66. The molecule has 2 aliphatic rings. The van der Waals surface area contributed by atoms with E-state index in [0.717, 1.165) is 37.2 Å². The third kappa shape index (κ3) is 5.67. The fraction of sp³-hybridized carbons (Fsp3) is 0.500. The van der Waals surface area contributed by atoms with Crippen LogP contribution in [0.2, 0.25) is 0 Å². The maximum Gasteiger partial charge on any atom is 0.267 e. The highest BCUT2D eigenvalue weighted by Gasteiger charge is 2.30. The highest BCUT2D eigenvalue weighted by Crippen LogP contribution is 2.34. The Morgan fingerprint density at radius 2 is 1.88 bits per heavy atom. The van der Waals surface area contributed by atoms with Gasteiger partial charge in [0.1, 0.15) is 10.6 Å². The Hall–Kier alpha value is -3.14. The normalized spacial score (nSPS) is 16.4. The van der Waals surface area contributed by atoms with Gasteiger partial charge in [-0.15, -0.1) is 0 Å². The number of amides is 3. The van der Waals surface area contributed by atoms with E-state index in [1.54, 1.807) is 7.11 Å². The summed E-state index contributed by atoms with van der Waals surface area (Å²) in [4.78, 5) is 46.4. The maximum absolute atomic E-state index is 13.0. The van der Waals surface area contributed by atoms with Gasteiger partial charge in [-0.25, -0.2) is 4.98 Å². The van der Waals surface area contributed by atoms with Crippen molar-refractivity contribution in [2.24, 2.45) is 5.92 Å². The van der Waals surface area contributed by atoms with E-state index in [1.165, 1.54) is 18.3 Å². The predicted molar refractivity (Wildman–Crippen MR) is 131 cm³/mol. The minimum Gasteiger partial charge on any atom is -0.497 e. The Morgan fingerprint density at radius 3 is 2.56 bits per heavy atom. The van der Waals surface area contributed by atoms with Crippen molar-refractivity contribution in [2.45, 2.75) is 39.2 Å². The largest absolute Gasteiger partial charge is 0.497 e. The van der Waals surface area contributed by atoms with Crippen LogP contribution in [0.4, 0.5) is 10.9 Å². The number of hydrogen-bond donors (Lipinski definition) is 2. The summed E-state index contributed by atoms with van der Waals surface area (Å²) >= 11 is 1.32. The van der Waals surface area contributed by atoms with Crippen molar-refractivity contribution < 1.29 is 19.1 Å². The molecule has 1 aromatic heterocycles. The molecule has 2 aromatic rings. The van der Waals surface area contributed by atoms with E-state index in [4.69, 9.17) is 4.74 Å². The van der Waals surface area contributed by atoms with E-state index in [9.17, 15) is 14.4 Å². The van der Waals surface area contributed by atoms with Gasteiger partial charge in [-0.1, -0.05) is 23.5 Å². The van der Waals surface area contributed by atoms with Gasteiger partial charge in [-0.3, -0.25) is 14.4 Å². The summed E-state index contributed by atoms with van der Waals surface area (Å²) in [6.45, 7) is 4.69. The van der Waals surface area contributed by atoms with Crippen LogP contribution < -0.4 is 20.3 Å². The molecule has 1 aromatic carbocycles. The number of carbonyl (C=O) groups is 3. The number of hydrogen-bond acceptors (Lipinski definition) is 7. The number of ether oxygens (including phenoxy) is 1. The fourth-order valence-electron chi connectivity index (χ4n) is 4.35. The maximum atomic E-state index is 13.0. The van der Waals surface area contributed by atoms with Gasteiger partial charge in [-0.2, -0.15) is 0 Å². The minimum absolute atomic E-state index is 0.0467. The van der Waals surface area contributed by atoms with Crippen LogP contribution in [0.15, 0.2) is 24.3 Å². The highest BCUT2D eigenvalue weighted by atomic mass is 32.1. The van der Waals surface area contributed by atoms with Gasteiger partial charge >= 0.3 is 0 Å². The monoisotopic (exact) mass is 485 g/mol. The SMILES string of the molecule is COc1cccc(CNC(=O)C2CCN(c3nc(NC(C)=O)c(C(=O)N4CCCC4)s3)CC2)c1. The van der Waals surface area contributed by atoms with Crippen LogP contribution in [0.1, 0.15) is 47.8 Å². The first-order valence-electron chi connectivity index (χ1n) is 11.7. The van der Waals surface area contributed by atoms with Crippen LogP contribution in [0, 0.1) is 5.92 Å². The van der Waals surface area contributed by atoms with E-state index in [1.807, 2.05) is 29.2 Å². The molecule has 10 heteroatoms. The standard InChI is InChI=1S/C24H31N5O4S/c1-16(30)26-21-20(23(32)28-10-3-4-11-28)34-24(27-21)29-12-8-18(9-13-29)22(31)25-15-17-6-5-7-19(14-17)33-2/h5-7,14,18H,3-4,8-13,15H2,1-2H3,(H,25,31)(H,26,30). The van der Waals surface area contributed by atoms with Crippen LogP contribution in [-0.2, 0) is 16.1 Å². The van der Waals surface area contributed by atoms with Crippen LogP contribution >= 0.6 is 11.3 Å². The lowest BCUT2D eigenvalue weighted by Crippen LogP contribution is -2.40. The topological polar surface area (TPSA) is 104 Å². The zero-order valence-corrected chi connectivity index (χ0v) is 20.5. The van der Waals surface area contributed by atoms with Crippen LogP contribution in [0.5, 0.6) is 5.75 Å². The van der Waals surface area contributed by atoms with Crippen molar-refractivity contribution in [1.29, 1.82) is 0 Å². The third-order valence-electron chi connectivity index (χ3n) is 6.23. The molecule has 182 valence electrons.